The van der Waals surface area contributed by atoms with Gasteiger partial charge in [-0.3, -0.25) is 9.35 Å². The summed E-state index contributed by atoms with van der Waals surface area (Å²) in [5.74, 6) is -4.67. The Hall–Kier alpha value is -0.700. The molecule has 0 heterocycles. The Bertz CT molecular complexity index is 469. The summed E-state index contributed by atoms with van der Waals surface area (Å²) in [4.78, 5) is 11.1. The van der Waals surface area contributed by atoms with Crippen molar-refractivity contribution in [1.29, 1.82) is 0 Å². The summed E-state index contributed by atoms with van der Waals surface area (Å²) < 4.78 is 32.1. The third-order valence-corrected chi connectivity index (χ3v) is 5.69. The van der Waals surface area contributed by atoms with Gasteiger partial charge < -0.3 is 15.3 Å². The van der Waals surface area contributed by atoms with Crippen molar-refractivity contribution in [3.63, 3.8) is 0 Å². The van der Waals surface area contributed by atoms with Crippen molar-refractivity contribution < 1.29 is 33.1 Å². The molecule has 8 heteroatoms. The number of carboxylic acid groups (broad SMARTS) is 1. The first-order valence-corrected chi connectivity index (χ1v) is 7.74. The van der Waals surface area contributed by atoms with Gasteiger partial charge in [-0.15, -0.1) is 0 Å². The lowest BCUT2D eigenvalue weighted by Crippen LogP contribution is -2.49. The number of aliphatic hydroxyl groups is 2. The lowest BCUT2D eigenvalue weighted by Gasteiger charge is -2.45. The van der Waals surface area contributed by atoms with Crippen molar-refractivity contribution in [2.75, 3.05) is 0 Å². The van der Waals surface area contributed by atoms with E-state index in [4.69, 9.17) is 5.11 Å². The van der Waals surface area contributed by atoms with Gasteiger partial charge in [0.05, 0.1) is 11.2 Å². The molecular weight excluding hydrogens is 276 g/mol. The molecule has 0 radical (unpaired) electrons. The van der Waals surface area contributed by atoms with Crippen LogP contribution in [0.25, 0.3) is 0 Å². The van der Waals surface area contributed by atoms with Crippen LogP contribution in [0.1, 0.15) is 32.1 Å². The molecule has 0 aromatic rings. The van der Waals surface area contributed by atoms with Gasteiger partial charge in [-0.25, -0.2) is 0 Å². The number of hydrogen-bond acceptors (Lipinski definition) is 5. The molecule has 4 atom stereocenters. The van der Waals surface area contributed by atoms with E-state index < -0.39 is 44.9 Å². The second-order valence-electron chi connectivity index (χ2n) is 5.71. The number of carbonyl (C=O) groups is 1. The van der Waals surface area contributed by atoms with Crippen molar-refractivity contribution in [2.24, 2.45) is 17.8 Å². The predicted octanol–water partition coefficient (Wildman–Crippen LogP) is -0.165. The standard InChI is InChI=1S/C11H18O7S/c12-10(13)6-3-7-5-11(14,15)2-1-8(7)9(4-6)19(16,17)18/h6-9,14-15H,1-5H2,(H,12,13)(H,16,17,18). The molecule has 0 spiro atoms. The average Bonchev–Trinajstić information content (AvgIpc) is 2.24. The SMILES string of the molecule is O=C(O)C1CC2CC(O)(O)CCC2C(S(=O)(=O)O)C1. The lowest BCUT2D eigenvalue weighted by atomic mass is 9.65. The summed E-state index contributed by atoms with van der Waals surface area (Å²) in [5.41, 5.74) is 0. The quantitative estimate of drug-likeness (QED) is 0.410. The Balaban J connectivity index is 2.28. The highest BCUT2D eigenvalue weighted by molar-refractivity contribution is 7.86. The third kappa shape index (κ3) is 3.07. The maximum atomic E-state index is 11.4. The van der Waals surface area contributed by atoms with Gasteiger partial charge in [0.25, 0.3) is 10.1 Å². The van der Waals surface area contributed by atoms with Gasteiger partial charge in [-0.1, -0.05) is 0 Å². The molecule has 0 saturated heterocycles. The van der Waals surface area contributed by atoms with Gasteiger partial charge in [0.2, 0.25) is 0 Å². The van der Waals surface area contributed by atoms with Crippen LogP contribution in [0.2, 0.25) is 0 Å². The van der Waals surface area contributed by atoms with Gasteiger partial charge in [0, 0.05) is 12.8 Å². The molecular formula is C11H18O7S. The first-order valence-electron chi connectivity index (χ1n) is 6.24. The smallest absolute Gasteiger partial charge is 0.306 e. The van der Waals surface area contributed by atoms with E-state index >= 15 is 0 Å². The zero-order valence-corrected chi connectivity index (χ0v) is 11.1. The molecule has 2 rings (SSSR count). The topological polar surface area (TPSA) is 132 Å². The van der Waals surface area contributed by atoms with Gasteiger partial charge in [-0.2, -0.15) is 8.42 Å². The minimum absolute atomic E-state index is 0.0396. The van der Waals surface area contributed by atoms with E-state index in [-0.39, 0.29) is 32.1 Å². The van der Waals surface area contributed by atoms with Gasteiger partial charge in [0.1, 0.15) is 0 Å². The minimum atomic E-state index is -4.33. The first-order chi connectivity index (χ1) is 8.60. The van der Waals surface area contributed by atoms with Crippen LogP contribution < -0.4 is 0 Å². The second-order valence-corrected chi connectivity index (χ2v) is 7.34. The van der Waals surface area contributed by atoms with E-state index in [1.54, 1.807) is 0 Å². The molecule has 2 fully saturated rings. The number of rotatable bonds is 2. The minimum Gasteiger partial charge on any atom is -0.481 e. The molecule has 7 nitrogen and oxygen atoms in total. The molecule has 19 heavy (non-hydrogen) atoms. The maximum Gasteiger partial charge on any atom is 0.306 e. The van der Waals surface area contributed by atoms with Crippen LogP contribution >= 0.6 is 0 Å². The van der Waals surface area contributed by atoms with E-state index in [9.17, 15) is 28.0 Å². The van der Waals surface area contributed by atoms with Crippen LogP contribution in [0.4, 0.5) is 0 Å². The van der Waals surface area contributed by atoms with Gasteiger partial charge >= 0.3 is 5.97 Å². The van der Waals surface area contributed by atoms with Gasteiger partial charge in [-0.05, 0) is 31.1 Å². The van der Waals surface area contributed by atoms with Crippen molar-refractivity contribution >= 4 is 16.1 Å². The second kappa shape index (κ2) is 4.69. The van der Waals surface area contributed by atoms with Crippen LogP contribution in [0.15, 0.2) is 0 Å². The van der Waals surface area contributed by atoms with Gasteiger partial charge in [0.15, 0.2) is 5.79 Å². The fourth-order valence-corrected chi connectivity index (χ4v) is 4.79. The molecule has 0 bridgehead atoms. The van der Waals surface area contributed by atoms with Crippen LogP contribution in [-0.4, -0.2) is 45.3 Å². The van der Waals surface area contributed by atoms with E-state index in [0.717, 1.165) is 0 Å². The predicted molar refractivity (Wildman–Crippen MR) is 63.7 cm³/mol. The number of aliphatic carboxylic acids is 1. The Morgan fingerprint density at radius 1 is 1.21 bits per heavy atom. The third-order valence-electron chi connectivity index (χ3n) is 4.39. The average molecular weight is 294 g/mol. The molecule has 2 saturated carbocycles. The first kappa shape index (κ1) is 14.7. The van der Waals surface area contributed by atoms with Crippen molar-refractivity contribution in [2.45, 2.75) is 43.1 Å². The molecule has 0 aromatic carbocycles. The molecule has 4 N–H and O–H groups in total. The summed E-state index contributed by atoms with van der Waals surface area (Å²) in [6.07, 6.45) is 0.355. The number of fused-ring (bicyclic) bond motifs is 1. The monoisotopic (exact) mass is 294 g/mol. The fourth-order valence-electron chi connectivity index (χ4n) is 3.52. The Morgan fingerprint density at radius 2 is 1.84 bits per heavy atom. The summed E-state index contributed by atoms with van der Waals surface area (Å²) in [6.45, 7) is 0. The molecule has 0 aromatic heterocycles. The molecule has 110 valence electrons. The van der Waals surface area contributed by atoms with E-state index in [1.165, 1.54) is 0 Å². The summed E-state index contributed by atoms with van der Waals surface area (Å²) in [6, 6.07) is 0. The fraction of sp³-hybridized carbons (Fsp3) is 0.909. The molecule has 2 aliphatic carbocycles. The highest BCUT2D eigenvalue weighted by Crippen LogP contribution is 2.47. The van der Waals surface area contributed by atoms with Crippen LogP contribution in [0.3, 0.4) is 0 Å². The van der Waals surface area contributed by atoms with Crippen LogP contribution in [0, 0.1) is 17.8 Å². The van der Waals surface area contributed by atoms with Crippen molar-refractivity contribution in [1.82, 2.24) is 0 Å². The maximum absolute atomic E-state index is 11.4. The molecule has 0 amide bonds. The normalized spacial score (nSPS) is 38.5. The van der Waals surface area contributed by atoms with Crippen molar-refractivity contribution in [3.05, 3.63) is 0 Å². The summed E-state index contributed by atoms with van der Waals surface area (Å²) in [5, 5.41) is 27.2. The van der Waals surface area contributed by atoms with Crippen LogP contribution in [0.5, 0.6) is 0 Å². The Morgan fingerprint density at radius 3 is 2.37 bits per heavy atom. The molecule has 4 unspecified atom stereocenters. The highest BCUT2D eigenvalue weighted by Gasteiger charge is 2.50. The van der Waals surface area contributed by atoms with Crippen LogP contribution in [-0.2, 0) is 14.9 Å². The van der Waals surface area contributed by atoms with E-state index in [2.05, 4.69) is 0 Å². The number of hydrogen-bond donors (Lipinski definition) is 4. The largest absolute Gasteiger partial charge is 0.481 e. The van der Waals surface area contributed by atoms with E-state index in [1.807, 2.05) is 0 Å². The molecule has 2 aliphatic rings. The Kier molecular flexibility index (Phi) is 3.63. The zero-order valence-electron chi connectivity index (χ0n) is 10.3. The summed E-state index contributed by atoms with van der Waals surface area (Å²) in [7, 11) is -4.33. The zero-order chi connectivity index (χ0) is 14.4. The van der Waals surface area contributed by atoms with Crippen molar-refractivity contribution in [3.8, 4) is 0 Å². The lowest BCUT2D eigenvalue weighted by molar-refractivity contribution is -0.204. The highest BCUT2D eigenvalue weighted by atomic mass is 32.2. The molecule has 0 aliphatic heterocycles. The number of carboxylic acids is 1. The van der Waals surface area contributed by atoms with E-state index in [0.29, 0.717) is 0 Å². The summed E-state index contributed by atoms with van der Waals surface area (Å²) >= 11 is 0. The Labute approximate surface area is 111 Å².